The van der Waals surface area contributed by atoms with E-state index in [1.54, 1.807) is 26.0 Å². The molecule has 1 unspecified atom stereocenters. The van der Waals surface area contributed by atoms with E-state index in [4.69, 9.17) is 0 Å². The monoisotopic (exact) mass is 225 g/mol. The van der Waals surface area contributed by atoms with E-state index < -0.39 is 5.60 Å². The average Bonchev–Trinajstić information content (AvgIpc) is 2.22. The lowest BCUT2D eigenvalue weighted by molar-refractivity contribution is 0.0569. The fraction of sp³-hybridized carbons (Fsp3) is 0.538. The lowest BCUT2D eigenvalue weighted by Gasteiger charge is -2.24. The Bertz CT molecular complexity index is 350. The number of nitrogens with one attached hydrogen (secondary N) is 1. The predicted octanol–water partition coefficient (Wildman–Crippen LogP) is 2.34. The van der Waals surface area contributed by atoms with E-state index in [9.17, 15) is 9.50 Å². The van der Waals surface area contributed by atoms with Crippen molar-refractivity contribution in [2.45, 2.75) is 32.8 Å². The van der Waals surface area contributed by atoms with Crippen LogP contribution in [-0.2, 0) is 5.60 Å². The van der Waals surface area contributed by atoms with Gasteiger partial charge in [0.2, 0.25) is 0 Å². The average molecular weight is 225 g/mol. The maximum absolute atomic E-state index is 13.4. The molecule has 0 amide bonds. The third-order valence-corrected chi connectivity index (χ3v) is 2.69. The van der Waals surface area contributed by atoms with Gasteiger partial charge in [-0.15, -0.1) is 0 Å². The molecule has 2 nitrogen and oxygen atoms in total. The van der Waals surface area contributed by atoms with Gasteiger partial charge in [-0.2, -0.15) is 0 Å². The molecule has 1 atom stereocenters. The van der Waals surface area contributed by atoms with Gasteiger partial charge in [-0.25, -0.2) is 4.39 Å². The van der Waals surface area contributed by atoms with Crippen LogP contribution in [0.15, 0.2) is 18.2 Å². The second-order valence-corrected chi connectivity index (χ2v) is 4.41. The molecule has 0 heterocycles. The molecule has 0 aliphatic carbocycles. The zero-order chi connectivity index (χ0) is 12.2. The van der Waals surface area contributed by atoms with Gasteiger partial charge in [0.05, 0.1) is 5.60 Å². The molecule has 0 bridgehead atoms. The van der Waals surface area contributed by atoms with Crippen LogP contribution < -0.4 is 5.32 Å². The van der Waals surface area contributed by atoms with Crippen molar-refractivity contribution in [3.8, 4) is 0 Å². The van der Waals surface area contributed by atoms with Crippen molar-refractivity contribution in [3.05, 3.63) is 35.1 Å². The zero-order valence-corrected chi connectivity index (χ0v) is 10.2. The van der Waals surface area contributed by atoms with E-state index in [1.807, 2.05) is 0 Å². The quantitative estimate of drug-likeness (QED) is 0.754. The first kappa shape index (κ1) is 13.1. The van der Waals surface area contributed by atoms with Gasteiger partial charge in [0.15, 0.2) is 0 Å². The minimum absolute atomic E-state index is 0.270. The van der Waals surface area contributed by atoms with Crippen LogP contribution in [0.2, 0.25) is 0 Å². The minimum atomic E-state index is -1.02. The Morgan fingerprint density at radius 1 is 1.44 bits per heavy atom. The van der Waals surface area contributed by atoms with Crippen molar-refractivity contribution >= 4 is 0 Å². The number of hydrogen-bond donors (Lipinski definition) is 2. The summed E-state index contributed by atoms with van der Waals surface area (Å²) < 4.78 is 13.4. The Labute approximate surface area is 96.5 Å². The molecule has 2 N–H and O–H groups in total. The molecule has 1 rings (SSSR count). The fourth-order valence-corrected chi connectivity index (χ4v) is 1.54. The summed E-state index contributed by atoms with van der Waals surface area (Å²) in [5, 5.41) is 13.3. The molecule has 0 radical (unpaired) electrons. The first-order valence-corrected chi connectivity index (χ1v) is 5.67. The highest BCUT2D eigenvalue weighted by atomic mass is 19.1. The van der Waals surface area contributed by atoms with Crippen LogP contribution in [0.1, 0.15) is 31.4 Å². The number of aryl methyl sites for hydroxylation is 1. The number of benzene rings is 1. The number of rotatable bonds is 5. The van der Waals surface area contributed by atoms with E-state index in [0.29, 0.717) is 17.7 Å². The summed E-state index contributed by atoms with van der Waals surface area (Å²) in [4.78, 5) is 0. The number of hydrogen-bond acceptors (Lipinski definition) is 2. The lowest BCUT2D eigenvalue weighted by Crippen LogP contribution is -2.35. The van der Waals surface area contributed by atoms with Crippen LogP contribution in [0.25, 0.3) is 0 Å². The molecule has 90 valence electrons. The third-order valence-electron chi connectivity index (χ3n) is 2.69. The Morgan fingerprint density at radius 3 is 2.69 bits per heavy atom. The standard InChI is InChI=1S/C13H20FNO/c1-4-7-15-9-13(3,16)11-6-5-10(2)12(14)8-11/h5-6,8,15-16H,4,7,9H2,1-3H3. The van der Waals surface area contributed by atoms with Crippen LogP contribution in [0.4, 0.5) is 4.39 Å². The van der Waals surface area contributed by atoms with E-state index in [0.717, 1.165) is 13.0 Å². The first-order chi connectivity index (χ1) is 7.47. The van der Waals surface area contributed by atoms with Crippen LogP contribution in [0, 0.1) is 12.7 Å². The highest BCUT2D eigenvalue weighted by Crippen LogP contribution is 2.21. The predicted molar refractivity (Wildman–Crippen MR) is 63.9 cm³/mol. The molecule has 1 aromatic rings. The Hall–Kier alpha value is -0.930. The summed E-state index contributed by atoms with van der Waals surface area (Å²) in [6, 6.07) is 4.87. The second kappa shape index (κ2) is 5.41. The highest BCUT2D eigenvalue weighted by molar-refractivity contribution is 5.27. The molecule has 0 aromatic heterocycles. The maximum Gasteiger partial charge on any atom is 0.126 e. The third kappa shape index (κ3) is 3.29. The molecule has 0 aliphatic heterocycles. The molecule has 0 saturated carbocycles. The van der Waals surface area contributed by atoms with E-state index in [-0.39, 0.29) is 5.82 Å². The molecule has 0 spiro atoms. The van der Waals surface area contributed by atoms with Crippen LogP contribution >= 0.6 is 0 Å². The molecule has 3 heteroatoms. The zero-order valence-electron chi connectivity index (χ0n) is 10.2. The van der Waals surface area contributed by atoms with Crippen molar-refractivity contribution < 1.29 is 9.50 Å². The summed E-state index contributed by atoms with van der Waals surface area (Å²) in [5.41, 5.74) is 0.184. The first-order valence-electron chi connectivity index (χ1n) is 5.67. The molecule has 16 heavy (non-hydrogen) atoms. The van der Waals surface area contributed by atoms with E-state index >= 15 is 0 Å². The lowest BCUT2D eigenvalue weighted by atomic mass is 9.95. The van der Waals surface area contributed by atoms with Crippen molar-refractivity contribution in [3.63, 3.8) is 0 Å². The van der Waals surface area contributed by atoms with Gasteiger partial charge in [-0.05, 0) is 44.0 Å². The molecule has 0 aliphatic rings. The number of halogens is 1. The van der Waals surface area contributed by atoms with Crippen molar-refractivity contribution in [2.75, 3.05) is 13.1 Å². The Balaban J connectivity index is 2.76. The summed E-state index contributed by atoms with van der Waals surface area (Å²) in [6.07, 6.45) is 1.01. The van der Waals surface area contributed by atoms with Crippen LogP contribution in [0.5, 0.6) is 0 Å². The molecular weight excluding hydrogens is 205 g/mol. The van der Waals surface area contributed by atoms with Gasteiger partial charge in [0, 0.05) is 6.54 Å². The van der Waals surface area contributed by atoms with Crippen molar-refractivity contribution in [2.24, 2.45) is 0 Å². The summed E-state index contributed by atoms with van der Waals surface area (Å²) >= 11 is 0. The fourth-order valence-electron chi connectivity index (χ4n) is 1.54. The smallest absolute Gasteiger partial charge is 0.126 e. The van der Waals surface area contributed by atoms with Gasteiger partial charge in [-0.1, -0.05) is 19.1 Å². The van der Waals surface area contributed by atoms with E-state index in [1.165, 1.54) is 6.07 Å². The normalized spacial score (nSPS) is 14.8. The van der Waals surface area contributed by atoms with E-state index in [2.05, 4.69) is 12.2 Å². The summed E-state index contributed by atoms with van der Waals surface area (Å²) in [5.74, 6) is -0.270. The molecule has 0 fully saturated rings. The SMILES string of the molecule is CCCNCC(C)(O)c1ccc(C)c(F)c1. The maximum atomic E-state index is 13.4. The van der Waals surface area contributed by atoms with Crippen molar-refractivity contribution in [1.29, 1.82) is 0 Å². The molecule has 1 aromatic carbocycles. The number of aliphatic hydroxyl groups is 1. The van der Waals surface area contributed by atoms with Gasteiger partial charge in [0.25, 0.3) is 0 Å². The Kier molecular flexibility index (Phi) is 4.44. The van der Waals surface area contributed by atoms with Crippen molar-refractivity contribution in [1.82, 2.24) is 5.32 Å². The van der Waals surface area contributed by atoms with Gasteiger partial charge in [-0.3, -0.25) is 0 Å². The van der Waals surface area contributed by atoms with Gasteiger partial charge >= 0.3 is 0 Å². The minimum Gasteiger partial charge on any atom is -0.384 e. The molecular formula is C13H20FNO. The van der Waals surface area contributed by atoms with Crippen LogP contribution in [-0.4, -0.2) is 18.2 Å². The largest absolute Gasteiger partial charge is 0.384 e. The highest BCUT2D eigenvalue weighted by Gasteiger charge is 2.23. The summed E-state index contributed by atoms with van der Waals surface area (Å²) in [6.45, 7) is 6.75. The van der Waals surface area contributed by atoms with Gasteiger partial charge in [0.1, 0.15) is 5.82 Å². The second-order valence-electron chi connectivity index (χ2n) is 4.41. The van der Waals surface area contributed by atoms with Crippen LogP contribution in [0.3, 0.4) is 0 Å². The summed E-state index contributed by atoms with van der Waals surface area (Å²) in [7, 11) is 0. The van der Waals surface area contributed by atoms with Gasteiger partial charge < -0.3 is 10.4 Å². The topological polar surface area (TPSA) is 32.3 Å². The molecule has 0 saturated heterocycles. The Morgan fingerprint density at radius 2 is 2.12 bits per heavy atom.